The van der Waals surface area contributed by atoms with Gasteiger partial charge < -0.3 is 0 Å². The van der Waals surface area contributed by atoms with E-state index in [0.29, 0.717) is 17.6 Å². The molecule has 0 spiro atoms. The Bertz CT molecular complexity index is 2620. The smallest absolute Gasteiger partial charge is 0.238 e. The molecule has 4 heteroatoms. The second-order valence-corrected chi connectivity index (χ2v) is 13.3. The maximum atomic E-state index is 5.14. The third-order valence-corrected chi connectivity index (χ3v) is 9.96. The SMILES string of the molecule is Cc1ccccc1-c1ccc(-c2ccc3c4ccccc4n(-c4nc(-c5ccccc5)nc(-c5ccccc5)n4)c3c2)cc1CCc1ccccc1. The zero-order valence-electron chi connectivity index (χ0n) is 28.9. The molecule has 4 nitrogen and oxygen atoms in total. The normalized spacial score (nSPS) is 11.3. The average molecular weight is 669 g/mol. The van der Waals surface area contributed by atoms with Gasteiger partial charge in [-0.2, -0.15) is 9.97 Å². The van der Waals surface area contributed by atoms with Crippen LogP contribution >= 0.6 is 0 Å². The minimum atomic E-state index is 0.592. The Kier molecular flexibility index (Phi) is 8.18. The largest absolute Gasteiger partial charge is 0.278 e. The maximum Gasteiger partial charge on any atom is 0.238 e. The van der Waals surface area contributed by atoms with Crippen LogP contribution in [-0.2, 0) is 12.8 Å². The molecule has 2 aromatic heterocycles. The number of hydrogen-bond acceptors (Lipinski definition) is 3. The lowest BCUT2D eigenvalue weighted by molar-refractivity contribution is 0.953. The van der Waals surface area contributed by atoms with Crippen molar-refractivity contribution in [3.8, 4) is 51.0 Å². The Hall–Kier alpha value is -6.65. The van der Waals surface area contributed by atoms with Crippen molar-refractivity contribution in [2.75, 3.05) is 0 Å². The standard InChI is InChI=1S/C48H36N4/c1-33-15-11-12-22-40(33)41-29-27-37(31-39(41)26-25-34-16-5-2-6-17-34)38-28-30-43-42-23-13-14-24-44(42)52(45(43)32-38)48-50-46(35-18-7-3-8-19-35)49-47(51-48)36-20-9-4-10-21-36/h2-24,27-32H,25-26H2,1H3. The van der Waals surface area contributed by atoms with Crippen molar-refractivity contribution in [2.24, 2.45) is 0 Å². The Morgan fingerprint density at radius 3 is 1.71 bits per heavy atom. The van der Waals surface area contributed by atoms with Crippen molar-refractivity contribution in [2.45, 2.75) is 19.8 Å². The first-order chi connectivity index (χ1) is 25.7. The number of aromatic nitrogens is 4. The van der Waals surface area contributed by atoms with Gasteiger partial charge in [-0.15, -0.1) is 0 Å². The van der Waals surface area contributed by atoms with Gasteiger partial charge in [0.2, 0.25) is 5.95 Å². The summed E-state index contributed by atoms with van der Waals surface area (Å²) in [5, 5.41) is 2.31. The molecule has 0 atom stereocenters. The fourth-order valence-electron chi connectivity index (χ4n) is 7.30. The van der Waals surface area contributed by atoms with Gasteiger partial charge in [0.25, 0.3) is 0 Å². The number of fused-ring (bicyclic) bond motifs is 3. The van der Waals surface area contributed by atoms with Crippen molar-refractivity contribution in [1.29, 1.82) is 0 Å². The van der Waals surface area contributed by atoms with E-state index < -0.39 is 0 Å². The molecule has 0 bridgehead atoms. The minimum absolute atomic E-state index is 0.592. The quantitative estimate of drug-likeness (QED) is 0.162. The lowest BCUT2D eigenvalue weighted by Crippen LogP contribution is -2.06. The first-order valence-corrected chi connectivity index (χ1v) is 17.8. The Morgan fingerprint density at radius 2 is 1.00 bits per heavy atom. The molecule has 52 heavy (non-hydrogen) atoms. The highest BCUT2D eigenvalue weighted by Gasteiger charge is 2.19. The molecule has 0 aliphatic heterocycles. The monoisotopic (exact) mass is 668 g/mol. The van der Waals surface area contributed by atoms with Crippen LogP contribution in [0.25, 0.3) is 72.8 Å². The molecule has 0 saturated heterocycles. The van der Waals surface area contributed by atoms with Crippen LogP contribution in [0.2, 0.25) is 0 Å². The van der Waals surface area contributed by atoms with E-state index in [2.05, 4.69) is 127 Å². The van der Waals surface area contributed by atoms with Crippen molar-refractivity contribution in [3.63, 3.8) is 0 Å². The first kappa shape index (κ1) is 31.3. The Labute approximate surface area is 303 Å². The van der Waals surface area contributed by atoms with Gasteiger partial charge in [-0.05, 0) is 70.8 Å². The molecular weight excluding hydrogens is 633 g/mol. The summed E-state index contributed by atoms with van der Waals surface area (Å²) < 4.78 is 2.20. The predicted octanol–water partition coefficient (Wildman–Crippen LogP) is 11.7. The molecule has 0 aliphatic rings. The van der Waals surface area contributed by atoms with Gasteiger partial charge in [0.15, 0.2) is 11.6 Å². The van der Waals surface area contributed by atoms with Crippen LogP contribution in [0.1, 0.15) is 16.7 Å². The summed E-state index contributed by atoms with van der Waals surface area (Å²) in [6.07, 6.45) is 1.92. The molecule has 2 heterocycles. The second kappa shape index (κ2) is 13.6. The van der Waals surface area contributed by atoms with E-state index in [9.17, 15) is 0 Å². The van der Waals surface area contributed by atoms with E-state index in [-0.39, 0.29) is 0 Å². The highest BCUT2D eigenvalue weighted by molar-refractivity contribution is 6.10. The van der Waals surface area contributed by atoms with Crippen molar-refractivity contribution >= 4 is 21.8 Å². The van der Waals surface area contributed by atoms with E-state index in [1.54, 1.807) is 0 Å². The van der Waals surface area contributed by atoms with Crippen LogP contribution < -0.4 is 0 Å². The van der Waals surface area contributed by atoms with Gasteiger partial charge in [0, 0.05) is 21.9 Å². The average Bonchev–Trinajstić information content (AvgIpc) is 3.55. The van der Waals surface area contributed by atoms with Gasteiger partial charge in [-0.1, -0.05) is 164 Å². The van der Waals surface area contributed by atoms with E-state index in [0.717, 1.165) is 51.3 Å². The number of nitrogens with zero attached hydrogens (tertiary/aromatic N) is 4. The Balaban J connectivity index is 1.22. The van der Waals surface area contributed by atoms with Gasteiger partial charge in [-0.3, -0.25) is 4.57 Å². The van der Waals surface area contributed by atoms with Gasteiger partial charge in [0.1, 0.15) is 0 Å². The lowest BCUT2D eigenvalue weighted by atomic mass is 9.90. The highest BCUT2D eigenvalue weighted by atomic mass is 15.2. The van der Waals surface area contributed by atoms with Gasteiger partial charge in [-0.25, -0.2) is 4.98 Å². The van der Waals surface area contributed by atoms with Gasteiger partial charge >= 0.3 is 0 Å². The van der Waals surface area contributed by atoms with Crippen LogP contribution in [0.4, 0.5) is 0 Å². The summed E-state index contributed by atoms with van der Waals surface area (Å²) in [7, 11) is 0. The number of aryl methyl sites for hydroxylation is 3. The fraction of sp³-hybridized carbons (Fsp3) is 0.0625. The van der Waals surface area contributed by atoms with Crippen molar-refractivity contribution in [1.82, 2.24) is 19.5 Å². The van der Waals surface area contributed by atoms with E-state index in [1.807, 2.05) is 60.7 Å². The van der Waals surface area contributed by atoms with Crippen LogP contribution in [0.3, 0.4) is 0 Å². The first-order valence-electron chi connectivity index (χ1n) is 17.8. The summed E-state index contributed by atoms with van der Waals surface area (Å²) in [5.74, 6) is 1.87. The molecular formula is C48H36N4. The topological polar surface area (TPSA) is 43.6 Å². The number of rotatable bonds is 8. The number of benzene rings is 7. The molecule has 0 saturated carbocycles. The number of para-hydroxylation sites is 1. The summed E-state index contributed by atoms with van der Waals surface area (Å²) in [6.45, 7) is 2.20. The van der Waals surface area contributed by atoms with Crippen LogP contribution in [0, 0.1) is 6.92 Å². The lowest BCUT2D eigenvalue weighted by Gasteiger charge is -2.15. The van der Waals surface area contributed by atoms with Crippen LogP contribution in [0.15, 0.2) is 176 Å². The third kappa shape index (κ3) is 5.95. The fourth-order valence-corrected chi connectivity index (χ4v) is 7.30. The summed E-state index contributed by atoms with van der Waals surface area (Å²) in [5.41, 5.74) is 12.9. The summed E-state index contributed by atoms with van der Waals surface area (Å²) >= 11 is 0. The molecule has 0 radical (unpaired) electrons. The predicted molar refractivity (Wildman–Crippen MR) is 214 cm³/mol. The molecule has 0 fully saturated rings. The Morgan fingerprint density at radius 1 is 0.423 bits per heavy atom. The maximum absolute atomic E-state index is 5.14. The van der Waals surface area contributed by atoms with E-state index >= 15 is 0 Å². The molecule has 7 aromatic carbocycles. The summed E-state index contributed by atoms with van der Waals surface area (Å²) in [6, 6.07) is 62.1. The zero-order chi connectivity index (χ0) is 34.9. The highest BCUT2D eigenvalue weighted by Crippen LogP contribution is 2.37. The zero-order valence-corrected chi connectivity index (χ0v) is 28.9. The molecule has 248 valence electrons. The van der Waals surface area contributed by atoms with Crippen LogP contribution in [0.5, 0.6) is 0 Å². The second-order valence-electron chi connectivity index (χ2n) is 13.3. The third-order valence-electron chi connectivity index (χ3n) is 9.96. The van der Waals surface area contributed by atoms with Crippen molar-refractivity contribution in [3.05, 3.63) is 193 Å². The van der Waals surface area contributed by atoms with Crippen LogP contribution in [-0.4, -0.2) is 19.5 Å². The minimum Gasteiger partial charge on any atom is -0.278 e. The van der Waals surface area contributed by atoms with Crippen molar-refractivity contribution < 1.29 is 0 Å². The molecule has 0 unspecified atom stereocenters. The molecule has 0 aliphatic carbocycles. The molecule has 0 amide bonds. The molecule has 0 N–H and O–H groups in total. The molecule has 9 rings (SSSR count). The summed E-state index contributed by atoms with van der Waals surface area (Å²) in [4.78, 5) is 15.2. The van der Waals surface area contributed by atoms with E-state index in [4.69, 9.17) is 15.0 Å². The van der Waals surface area contributed by atoms with Gasteiger partial charge in [0.05, 0.1) is 11.0 Å². The van der Waals surface area contributed by atoms with E-state index in [1.165, 1.54) is 33.4 Å². The molecule has 9 aromatic rings. The number of hydrogen-bond donors (Lipinski definition) is 0.